The number of amides is 1. The van der Waals surface area contributed by atoms with Crippen LogP contribution in [-0.2, 0) is 11.8 Å². The summed E-state index contributed by atoms with van der Waals surface area (Å²) < 4.78 is 7.25. The van der Waals surface area contributed by atoms with Gasteiger partial charge in [-0.2, -0.15) is 0 Å². The van der Waals surface area contributed by atoms with Crippen molar-refractivity contribution in [3.8, 4) is 11.3 Å². The van der Waals surface area contributed by atoms with Gasteiger partial charge in [0, 0.05) is 48.5 Å². The van der Waals surface area contributed by atoms with Crippen molar-refractivity contribution in [2.75, 3.05) is 26.3 Å². The fourth-order valence-electron chi connectivity index (χ4n) is 3.20. The molecule has 1 aliphatic heterocycles. The highest BCUT2D eigenvalue weighted by Gasteiger charge is 2.19. The van der Waals surface area contributed by atoms with Gasteiger partial charge in [0.2, 0.25) is 0 Å². The van der Waals surface area contributed by atoms with Gasteiger partial charge in [-0.25, -0.2) is 4.98 Å². The van der Waals surface area contributed by atoms with E-state index < -0.39 is 0 Å². The van der Waals surface area contributed by atoms with Gasteiger partial charge in [-0.3, -0.25) is 9.78 Å². The summed E-state index contributed by atoms with van der Waals surface area (Å²) in [7, 11) is 1.94. The quantitative estimate of drug-likeness (QED) is 0.721. The van der Waals surface area contributed by atoms with Crippen LogP contribution in [0.2, 0.25) is 0 Å². The number of carbonyl (C=O) groups is 1. The molecule has 2 aromatic heterocycles. The second-order valence-electron chi connectivity index (χ2n) is 6.37. The first kappa shape index (κ1) is 15.8. The second-order valence-corrected chi connectivity index (χ2v) is 6.37. The monoisotopic (exact) mass is 336 g/mol. The number of hydrogen-bond acceptors (Lipinski definition) is 4. The van der Waals surface area contributed by atoms with Crippen LogP contribution in [-0.4, -0.2) is 51.6 Å². The fraction of sp³-hybridized carbons (Fsp3) is 0.316. The second kappa shape index (κ2) is 6.29. The number of aromatic nitrogens is 3. The van der Waals surface area contributed by atoms with Crippen LogP contribution < -0.4 is 0 Å². The van der Waals surface area contributed by atoms with E-state index in [9.17, 15) is 4.79 Å². The van der Waals surface area contributed by atoms with Gasteiger partial charge >= 0.3 is 0 Å². The number of hydrogen-bond donors (Lipinski definition) is 0. The Morgan fingerprint density at radius 2 is 2.00 bits per heavy atom. The van der Waals surface area contributed by atoms with E-state index in [-0.39, 0.29) is 5.91 Å². The SMILES string of the molecule is Cc1cc(-c2cn(C)cn2)c2cc(C(=O)N3CCOCC3)ccc2n1. The van der Waals surface area contributed by atoms with Crippen molar-refractivity contribution < 1.29 is 9.53 Å². The number of nitrogens with zero attached hydrogens (tertiary/aromatic N) is 4. The Balaban J connectivity index is 1.81. The minimum absolute atomic E-state index is 0.0396. The summed E-state index contributed by atoms with van der Waals surface area (Å²) in [5.41, 5.74) is 4.37. The maximum Gasteiger partial charge on any atom is 0.254 e. The van der Waals surface area contributed by atoms with E-state index in [0.29, 0.717) is 31.9 Å². The molecule has 0 spiro atoms. The van der Waals surface area contributed by atoms with Crippen molar-refractivity contribution in [3.63, 3.8) is 0 Å². The van der Waals surface area contributed by atoms with Gasteiger partial charge in [0.05, 0.1) is 30.8 Å². The predicted octanol–water partition coefficient (Wildman–Crippen LogP) is 2.42. The highest BCUT2D eigenvalue weighted by molar-refractivity contribution is 6.01. The van der Waals surface area contributed by atoms with Crippen molar-refractivity contribution in [3.05, 3.63) is 48.0 Å². The van der Waals surface area contributed by atoms with Gasteiger partial charge in [-0.15, -0.1) is 0 Å². The summed E-state index contributed by atoms with van der Waals surface area (Å²) in [5, 5.41) is 0.948. The molecule has 3 heterocycles. The number of carbonyl (C=O) groups excluding carboxylic acids is 1. The molecule has 0 atom stereocenters. The first-order valence-electron chi connectivity index (χ1n) is 8.38. The third kappa shape index (κ3) is 3.00. The maximum absolute atomic E-state index is 12.8. The van der Waals surface area contributed by atoms with E-state index >= 15 is 0 Å². The molecule has 0 radical (unpaired) electrons. The molecule has 25 heavy (non-hydrogen) atoms. The van der Waals surface area contributed by atoms with Crippen molar-refractivity contribution in [1.29, 1.82) is 0 Å². The third-order valence-electron chi connectivity index (χ3n) is 4.46. The van der Waals surface area contributed by atoms with Gasteiger partial charge in [0.15, 0.2) is 0 Å². The summed E-state index contributed by atoms with van der Waals surface area (Å²) in [5.74, 6) is 0.0396. The first-order valence-corrected chi connectivity index (χ1v) is 8.38. The Labute approximate surface area is 146 Å². The Morgan fingerprint density at radius 3 is 2.72 bits per heavy atom. The Bertz CT molecular complexity index is 942. The largest absolute Gasteiger partial charge is 0.378 e. The Kier molecular flexibility index (Phi) is 3.97. The standard InChI is InChI=1S/C19H20N4O2/c1-13-9-15(18-11-22(2)12-20-18)16-10-14(3-4-17(16)21-13)19(24)23-5-7-25-8-6-23/h3-4,9-12H,5-8H2,1-2H3. The Morgan fingerprint density at radius 1 is 1.20 bits per heavy atom. The van der Waals surface area contributed by atoms with E-state index in [4.69, 9.17) is 4.74 Å². The van der Waals surface area contributed by atoms with Gasteiger partial charge in [-0.1, -0.05) is 0 Å². The van der Waals surface area contributed by atoms with Crippen molar-refractivity contribution >= 4 is 16.8 Å². The predicted molar refractivity (Wildman–Crippen MR) is 95.4 cm³/mol. The molecule has 0 saturated carbocycles. The van der Waals surface area contributed by atoms with E-state index in [2.05, 4.69) is 9.97 Å². The summed E-state index contributed by atoms with van der Waals surface area (Å²) >= 11 is 0. The Hall–Kier alpha value is -2.73. The zero-order valence-electron chi connectivity index (χ0n) is 14.4. The van der Waals surface area contributed by atoms with Gasteiger partial charge < -0.3 is 14.2 Å². The van der Waals surface area contributed by atoms with Gasteiger partial charge in [0.1, 0.15) is 0 Å². The van der Waals surface area contributed by atoms with Crippen LogP contribution in [0.15, 0.2) is 36.8 Å². The molecular weight excluding hydrogens is 316 g/mol. The number of fused-ring (bicyclic) bond motifs is 1. The van der Waals surface area contributed by atoms with Crippen LogP contribution >= 0.6 is 0 Å². The van der Waals surface area contributed by atoms with Crippen molar-refractivity contribution in [2.24, 2.45) is 7.05 Å². The number of ether oxygens (including phenoxy) is 1. The van der Waals surface area contributed by atoms with E-state index in [1.54, 1.807) is 6.33 Å². The van der Waals surface area contributed by atoms with Crippen LogP contribution in [0.4, 0.5) is 0 Å². The molecule has 1 fully saturated rings. The molecule has 6 nitrogen and oxygen atoms in total. The molecule has 1 aliphatic rings. The van der Waals surface area contributed by atoms with Crippen LogP contribution in [0.3, 0.4) is 0 Å². The minimum atomic E-state index is 0.0396. The molecule has 0 bridgehead atoms. The molecule has 0 aliphatic carbocycles. The average Bonchev–Trinajstić information content (AvgIpc) is 3.07. The first-order chi connectivity index (χ1) is 12.1. The van der Waals surface area contributed by atoms with Crippen molar-refractivity contribution in [2.45, 2.75) is 6.92 Å². The molecule has 4 rings (SSSR count). The number of aryl methyl sites for hydroxylation is 2. The lowest BCUT2D eigenvalue weighted by atomic mass is 10.0. The average molecular weight is 336 g/mol. The number of pyridine rings is 1. The highest BCUT2D eigenvalue weighted by atomic mass is 16.5. The van der Waals surface area contributed by atoms with Crippen LogP contribution in [0.25, 0.3) is 22.2 Å². The van der Waals surface area contributed by atoms with Gasteiger partial charge in [-0.05, 0) is 31.2 Å². The third-order valence-corrected chi connectivity index (χ3v) is 4.46. The summed E-state index contributed by atoms with van der Waals surface area (Å²) in [6.45, 7) is 4.43. The molecule has 1 aromatic carbocycles. The topological polar surface area (TPSA) is 60.2 Å². The zero-order chi connectivity index (χ0) is 17.4. The van der Waals surface area contributed by atoms with E-state index in [1.165, 1.54) is 0 Å². The molecule has 3 aromatic rings. The lowest BCUT2D eigenvalue weighted by Gasteiger charge is -2.27. The normalized spacial score (nSPS) is 14.9. The number of rotatable bonds is 2. The molecular formula is C19H20N4O2. The minimum Gasteiger partial charge on any atom is -0.378 e. The smallest absolute Gasteiger partial charge is 0.254 e. The molecule has 1 saturated heterocycles. The zero-order valence-corrected chi connectivity index (χ0v) is 14.4. The summed E-state index contributed by atoms with van der Waals surface area (Å²) in [6.07, 6.45) is 3.75. The molecule has 1 amide bonds. The van der Waals surface area contributed by atoms with E-state index in [0.717, 1.165) is 27.9 Å². The van der Waals surface area contributed by atoms with Crippen LogP contribution in [0.5, 0.6) is 0 Å². The van der Waals surface area contributed by atoms with Crippen molar-refractivity contribution in [1.82, 2.24) is 19.4 Å². The number of imidazole rings is 1. The number of benzene rings is 1. The summed E-state index contributed by atoms with van der Waals surface area (Å²) in [4.78, 5) is 23.7. The molecule has 128 valence electrons. The highest BCUT2D eigenvalue weighted by Crippen LogP contribution is 2.28. The fourth-order valence-corrected chi connectivity index (χ4v) is 3.20. The molecule has 6 heteroatoms. The van der Waals surface area contributed by atoms with Crippen LogP contribution in [0, 0.1) is 6.92 Å². The lowest BCUT2D eigenvalue weighted by Crippen LogP contribution is -2.40. The van der Waals surface area contributed by atoms with E-state index in [1.807, 2.05) is 53.9 Å². The lowest BCUT2D eigenvalue weighted by molar-refractivity contribution is 0.0303. The molecule has 0 N–H and O–H groups in total. The maximum atomic E-state index is 12.8. The van der Waals surface area contributed by atoms with Gasteiger partial charge in [0.25, 0.3) is 5.91 Å². The van der Waals surface area contributed by atoms with Crippen LogP contribution in [0.1, 0.15) is 16.1 Å². The molecule has 0 unspecified atom stereocenters. The number of morpholine rings is 1. The summed E-state index contributed by atoms with van der Waals surface area (Å²) in [6, 6.07) is 7.73.